The number of aromatic amines is 1. The van der Waals surface area contributed by atoms with Crippen molar-refractivity contribution < 1.29 is 4.79 Å². The van der Waals surface area contributed by atoms with E-state index in [4.69, 9.17) is 0 Å². The number of aromatic nitrogens is 3. The number of rotatable bonds is 2. The van der Waals surface area contributed by atoms with Gasteiger partial charge in [-0.3, -0.25) is 9.78 Å². The summed E-state index contributed by atoms with van der Waals surface area (Å²) in [5.74, 6) is 0.972. The number of carbonyl (C=O) groups is 1. The van der Waals surface area contributed by atoms with Crippen molar-refractivity contribution in [3.63, 3.8) is 0 Å². The third-order valence-electron chi connectivity index (χ3n) is 3.85. The number of carbonyl (C=O) groups excluding carboxylic acids is 1. The van der Waals surface area contributed by atoms with Gasteiger partial charge < -0.3 is 14.8 Å². The smallest absolute Gasteiger partial charge is 0.264 e. The van der Waals surface area contributed by atoms with E-state index in [2.05, 4.69) is 19.9 Å². The predicted octanol–water partition coefficient (Wildman–Crippen LogP) is 1.98. The predicted molar refractivity (Wildman–Crippen MR) is 86.3 cm³/mol. The Kier molecular flexibility index (Phi) is 3.27. The molecule has 1 aliphatic rings. The fraction of sp³-hybridized carbons (Fsp3) is 0.267. The number of fused-ring (bicyclic) bond motifs is 1. The Morgan fingerprint density at radius 3 is 2.77 bits per heavy atom. The molecule has 22 heavy (non-hydrogen) atoms. The van der Waals surface area contributed by atoms with Gasteiger partial charge in [0.25, 0.3) is 5.91 Å². The number of amides is 1. The van der Waals surface area contributed by atoms with Crippen LogP contribution in [0, 0.1) is 0 Å². The molecule has 0 aliphatic carbocycles. The average molecular weight is 313 g/mol. The first-order valence-electron chi connectivity index (χ1n) is 7.19. The van der Waals surface area contributed by atoms with Crippen LogP contribution in [0.1, 0.15) is 9.67 Å². The van der Waals surface area contributed by atoms with E-state index in [1.165, 1.54) is 11.3 Å². The molecule has 1 amide bonds. The van der Waals surface area contributed by atoms with E-state index in [-0.39, 0.29) is 5.91 Å². The molecule has 1 fully saturated rings. The van der Waals surface area contributed by atoms with Gasteiger partial charge in [0.2, 0.25) is 5.95 Å². The van der Waals surface area contributed by atoms with Gasteiger partial charge in [-0.1, -0.05) is 0 Å². The second-order valence-electron chi connectivity index (χ2n) is 5.19. The van der Waals surface area contributed by atoms with Crippen LogP contribution in [0.25, 0.3) is 10.2 Å². The summed E-state index contributed by atoms with van der Waals surface area (Å²) in [4.78, 5) is 29.1. The van der Waals surface area contributed by atoms with E-state index in [1.807, 2.05) is 29.3 Å². The number of imidazole rings is 1. The molecule has 4 rings (SSSR count). The number of anilines is 1. The zero-order chi connectivity index (χ0) is 14.9. The molecule has 0 unspecified atom stereocenters. The zero-order valence-electron chi connectivity index (χ0n) is 11.9. The lowest BCUT2D eigenvalue weighted by atomic mass is 10.3. The van der Waals surface area contributed by atoms with Gasteiger partial charge in [0.15, 0.2) is 0 Å². The van der Waals surface area contributed by atoms with Gasteiger partial charge in [-0.15, -0.1) is 11.3 Å². The molecule has 0 spiro atoms. The van der Waals surface area contributed by atoms with Gasteiger partial charge in [-0.2, -0.15) is 0 Å². The Bertz CT molecular complexity index is 756. The van der Waals surface area contributed by atoms with Crippen LogP contribution in [-0.4, -0.2) is 51.9 Å². The maximum absolute atomic E-state index is 12.6. The van der Waals surface area contributed by atoms with Crippen molar-refractivity contribution in [2.75, 3.05) is 31.1 Å². The summed E-state index contributed by atoms with van der Waals surface area (Å²) >= 11 is 1.51. The van der Waals surface area contributed by atoms with E-state index in [0.717, 1.165) is 34.1 Å². The van der Waals surface area contributed by atoms with Crippen LogP contribution >= 0.6 is 11.3 Å². The van der Waals surface area contributed by atoms with Crippen molar-refractivity contribution in [3.05, 3.63) is 41.7 Å². The molecule has 0 aromatic carbocycles. The van der Waals surface area contributed by atoms with Crippen LogP contribution in [-0.2, 0) is 0 Å². The Hall–Kier alpha value is -2.41. The van der Waals surface area contributed by atoms with Gasteiger partial charge in [0.1, 0.15) is 0 Å². The molecular weight excluding hydrogens is 298 g/mol. The van der Waals surface area contributed by atoms with Gasteiger partial charge in [0.05, 0.1) is 15.1 Å². The van der Waals surface area contributed by atoms with Crippen LogP contribution in [0.15, 0.2) is 36.8 Å². The van der Waals surface area contributed by atoms with Gasteiger partial charge in [-0.05, 0) is 18.2 Å². The summed E-state index contributed by atoms with van der Waals surface area (Å²) in [7, 11) is 0. The third kappa shape index (κ3) is 2.33. The highest BCUT2D eigenvalue weighted by Gasteiger charge is 2.24. The summed E-state index contributed by atoms with van der Waals surface area (Å²) in [6.07, 6.45) is 5.32. The molecule has 1 aliphatic heterocycles. The number of H-pyrrole nitrogens is 1. The molecule has 0 bridgehead atoms. The molecule has 1 saturated heterocycles. The van der Waals surface area contributed by atoms with E-state index < -0.39 is 0 Å². The number of thiophene rings is 1. The second kappa shape index (κ2) is 5.42. The summed E-state index contributed by atoms with van der Waals surface area (Å²) < 4.78 is 1.06. The topological polar surface area (TPSA) is 65.1 Å². The highest BCUT2D eigenvalue weighted by molar-refractivity contribution is 7.20. The lowest BCUT2D eigenvalue weighted by molar-refractivity contribution is 0.0751. The highest BCUT2D eigenvalue weighted by atomic mass is 32.1. The number of hydrogen-bond acceptors (Lipinski definition) is 5. The number of nitrogens with one attached hydrogen (secondary N) is 1. The molecule has 0 atom stereocenters. The summed E-state index contributed by atoms with van der Waals surface area (Å²) in [5, 5.41) is 0. The molecule has 4 heterocycles. The summed E-state index contributed by atoms with van der Waals surface area (Å²) in [6, 6.07) is 5.79. The van der Waals surface area contributed by atoms with Crippen molar-refractivity contribution in [1.29, 1.82) is 0 Å². The van der Waals surface area contributed by atoms with Crippen molar-refractivity contribution in [1.82, 2.24) is 19.9 Å². The Labute approximate surface area is 131 Å². The quantitative estimate of drug-likeness (QED) is 0.786. The Morgan fingerprint density at radius 1 is 1.18 bits per heavy atom. The first kappa shape index (κ1) is 13.3. The average Bonchev–Trinajstić information content (AvgIpc) is 3.23. The third-order valence-corrected chi connectivity index (χ3v) is 4.93. The van der Waals surface area contributed by atoms with E-state index in [9.17, 15) is 4.79 Å². The first-order valence-corrected chi connectivity index (χ1v) is 8.01. The minimum Gasteiger partial charge on any atom is -0.339 e. The van der Waals surface area contributed by atoms with Crippen LogP contribution in [0.5, 0.6) is 0 Å². The zero-order valence-corrected chi connectivity index (χ0v) is 12.7. The maximum atomic E-state index is 12.6. The Balaban J connectivity index is 1.47. The summed E-state index contributed by atoms with van der Waals surface area (Å²) in [6.45, 7) is 3.01. The van der Waals surface area contributed by atoms with Crippen molar-refractivity contribution >= 4 is 33.4 Å². The first-order chi connectivity index (χ1) is 10.8. The molecule has 1 N–H and O–H groups in total. The number of piperazine rings is 1. The highest BCUT2D eigenvalue weighted by Crippen LogP contribution is 2.25. The molecule has 112 valence electrons. The summed E-state index contributed by atoms with van der Waals surface area (Å²) in [5.41, 5.74) is 0.894. The SMILES string of the molecule is O=C(c1cc2ncccc2s1)N1CCN(c2ncc[nH]2)CC1. The van der Waals surface area contributed by atoms with Crippen molar-refractivity contribution in [2.45, 2.75) is 0 Å². The minimum atomic E-state index is 0.0992. The van der Waals surface area contributed by atoms with Crippen LogP contribution in [0.3, 0.4) is 0 Å². The fourth-order valence-corrected chi connectivity index (χ4v) is 3.67. The van der Waals surface area contributed by atoms with Crippen molar-refractivity contribution in [2.24, 2.45) is 0 Å². The molecule has 7 heteroatoms. The molecule has 6 nitrogen and oxygen atoms in total. The largest absolute Gasteiger partial charge is 0.339 e. The maximum Gasteiger partial charge on any atom is 0.264 e. The van der Waals surface area contributed by atoms with Crippen LogP contribution in [0.2, 0.25) is 0 Å². The van der Waals surface area contributed by atoms with E-state index >= 15 is 0 Å². The van der Waals surface area contributed by atoms with Crippen LogP contribution < -0.4 is 4.90 Å². The Morgan fingerprint density at radius 2 is 2.05 bits per heavy atom. The van der Waals surface area contributed by atoms with Gasteiger partial charge in [0, 0.05) is 44.8 Å². The second-order valence-corrected chi connectivity index (χ2v) is 6.27. The van der Waals surface area contributed by atoms with E-state index in [1.54, 1.807) is 12.4 Å². The molecular formula is C15H15N5OS. The minimum absolute atomic E-state index is 0.0992. The molecule has 3 aromatic heterocycles. The van der Waals surface area contributed by atoms with Crippen LogP contribution in [0.4, 0.5) is 5.95 Å². The van der Waals surface area contributed by atoms with E-state index in [0.29, 0.717) is 13.1 Å². The lowest BCUT2D eigenvalue weighted by Gasteiger charge is -2.34. The fourth-order valence-electron chi connectivity index (χ4n) is 2.68. The van der Waals surface area contributed by atoms with Gasteiger partial charge >= 0.3 is 0 Å². The van der Waals surface area contributed by atoms with Gasteiger partial charge in [-0.25, -0.2) is 4.98 Å². The molecule has 0 radical (unpaired) electrons. The molecule has 3 aromatic rings. The normalized spacial score (nSPS) is 15.5. The van der Waals surface area contributed by atoms with Crippen molar-refractivity contribution in [3.8, 4) is 0 Å². The number of hydrogen-bond donors (Lipinski definition) is 1. The lowest BCUT2D eigenvalue weighted by Crippen LogP contribution is -2.49. The molecule has 0 saturated carbocycles. The number of nitrogens with zero attached hydrogens (tertiary/aromatic N) is 4. The standard InChI is InChI=1S/C15H15N5OS/c21-14(13-10-11-12(22-13)2-1-3-16-11)19-6-8-20(9-7-19)15-17-4-5-18-15/h1-5,10H,6-9H2,(H,17,18). The number of pyridine rings is 1. The monoisotopic (exact) mass is 313 g/mol.